The molecule has 0 radical (unpaired) electrons. The van der Waals surface area contributed by atoms with Crippen molar-refractivity contribution in [2.45, 2.75) is 25.7 Å². The average Bonchev–Trinajstić information content (AvgIpc) is 3.35. The molecule has 6 nitrogen and oxygen atoms in total. The molecule has 7 heteroatoms. The molecule has 0 aromatic carbocycles. The summed E-state index contributed by atoms with van der Waals surface area (Å²) in [6.07, 6.45) is 1.87. The minimum Gasteiger partial charge on any atom is -0.458 e. The number of likely N-dealkylation sites (tertiary alicyclic amines) is 1. The van der Waals surface area contributed by atoms with E-state index in [2.05, 4.69) is 10.1 Å². The molecule has 0 bridgehead atoms. The Morgan fingerprint density at radius 1 is 1.38 bits per heavy atom. The van der Waals surface area contributed by atoms with Crippen LogP contribution in [0.2, 0.25) is 0 Å². The minimum atomic E-state index is 0.0694. The quantitative estimate of drug-likeness (QED) is 0.725. The van der Waals surface area contributed by atoms with Crippen LogP contribution in [-0.2, 0) is 0 Å². The second-order valence-electron chi connectivity index (χ2n) is 5.93. The summed E-state index contributed by atoms with van der Waals surface area (Å²) in [5.41, 5.74) is 0. The van der Waals surface area contributed by atoms with Gasteiger partial charge in [-0.05, 0) is 43.3 Å². The standard InChI is InChI=1S/C17H17N3O3S/c1-11-6-7-13(22-11)15-18-16(23-19-15)12-4-2-8-20(10-12)17(21)14-5-3-9-24-14/h3,5-7,9,12H,2,4,8,10H2,1H3/t12-/m1/s1. The second-order valence-corrected chi connectivity index (χ2v) is 6.88. The van der Waals surface area contributed by atoms with Gasteiger partial charge in [0.2, 0.25) is 11.7 Å². The Kier molecular flexibility index (Phi) is 3.93. The van der Waals surface area contributed by atoms with Gasteiger partial charge < -0.3 is 13.8 Å². The molecule has 3 aromatic rings. The fourth-order valence-electron chi connectivity index (χ4n) is 2.98. The van der Waals surface area contributed by atoms with Crippen LogP contribution in [0.25, 0.3) is 11.6 Å². The van der Waals surface area contributed by atoms with Crippen LogP contribution < -0.4 is 0 Å². The predicted octanol–water partition coefficient (Wildman–Crippen LogP) is 3.72. The molecule has 124 valence electrons. The molecule has 3 aromatic heterocycles. The van der Waals surface area contributed by atoms with E-state index in [0.29, 0.717) is 24.0 Å². The van der Waals surface area contributed by atoms with Crippen molar-refractivity contribution < 1.29 is 13.7 Å². The number of hydrogen-bond donors (Lipinski definition) is 0. The highest BCUT2D eigenvalue weighted by Crippen LogP contribution is 2.29. The van der Waals surface area contributed by atoms with Crippen molar-refractivity contribution in [3.8, 4) is 11.6 Å². The van der Waals surface area contributed by atoms with Crippen molar-refractivity contribution in [3.05, 3.63) is 46.2 Å². The number of rotatable bonds is 3. The molecule has 0 aliphatic carbocycles. The molecule has 0 unspecified atom stereocenters. The lowest BCUT2D eigenvalue weighted by atomic mass is 9.98. The van der Waals surface area contributed by atoms with Gasteiger partial charge in [-0.2, -0.15) is 4.98 Å². The van der Waals surface area contributed by atoms with Crippen molar-refractivity contribution >= 4 is 17.2 Å². The van der Waals surface area contributed by atoms with Gasteiger partial charge in [0.25, 0.3) is 5.91 Å². The summed E-state index contributed by atoms with van der Waals surface area (Å²) >= 11 is 1.47. The van der Waals surface area contributed by atoms with Crippen LogP contribution in [0.3, 0.4) is 0 Å². The van der Waals surface area contributed by atoms with Crippen LogP contribution in [0, 0.1) is 6.92 Å². The minimum absolute atomic E-state index is 0.0694. The molecule has 0 N–H and O–H groups in total. The number of thiophene rings is 1. The molecule has 0 spiro atoms. The first-order chi connectivity index (χ1) is 11.7. The van der Waals surface area contributed by atoms with Gasteiger partial charge in [-0.1, -0.05) is 11.2 Å². The Hall–Kier alpha value is -2.41. The first-order valence-electron chi connectivity index (χ1n) is 7.94. The molecule has 4 rings (SSSR count). The van der Waals surface area contributed by atoms with E-state index in [4.69, 9.17) is 8.94 Å². The lowest BCUT2D eigenvalue weighted by Gasteiger charge is -2.30. The molecular formula is C17H17N3O3S. The van der Waals surface area contributed by atoms with Gasteiger partial charge in [-0.3, -0.25) is 4.79 Å². The van der Waals surface area contributed by atoms with E-state index in [0.717, 1.165) is 30.0 Å². The van der Waals surface area contributed by atoms with E-state index in [1.54, 1.807) is 0 Å². The molecule has 1 aliphatic rings. The van der Waals surface area contributed by atoms with Crippen molar-refractivity contribution in [1.82, 2.24) is 15.0 Å². The highest BCUT2D eigenvalue weighted by Gasteiger charge is 2.29. The Labute approximate surface area is 143 Å². The Morgan fingerprint density at radius 2 is 2.29 bits per heavy atom. The van der Waals surface area contributed by atoms with Crippen LogP contribution in [0.15, 0.2) is 38.6 Å². The molecular weight excluding hydrogens is 326 g/mol. The molecule has 1 saturated heterocycles. The van der Waals surface area contributed by atoms with Gasteiger partial charge in [-0.25, -0.2) is 0 Å². The van der Waals surface area contributed by atoms with Gasteiger partial charge in [0, 0.05) is 13.1 Å². The molecule has 1 amide bonds. The third-order valence-corrected chi connectivity index (χ3v) is 5.05. The monoisotopic (exact) mass is 343 g/mol. The number of piperidine rings is 1. The Bertz CT molecular complexity index is 837. The molecule has 1 fully saturated rings. The normalized spacial score (nSPS) is 18.0. The summed E-state index contributed by atoms with van der Waals surface area (Å²) in [7, 11) is 0. The zero-order chi connectivity index (χ0) is 16.5. The predicted molar refractivity (Wildman–Crippen MR) is 88.9 cm³/mol. The molecule has 24 heavy (non-hydrogen) atoms. The number of aromatic nitrogens is 2. The summed E-state index contributed by atoms with van der Waals surface area (Å²) < 4.78 is 11.0. The van der Waals surface area contributed by atoms with Crippen LogP contribution in [0.1, 0.15) is 40.1 Å². The number of amides is 1. The summed E-state index contributed by atoms with van der Waals surface area (Å²) in [6, 6.07) is 7.46. The summed E-state index contributed by atoms with van der Waals surface area (Å²) in [5, 5.41) is 5.93. The maximum Gasteiger partial charge on any atom is 0.263 e. The average molecular weight is 343 g/mol. The summed E-state index contributed by atoms with van der Waals surface area (Å²) in [5.74, 6) is 2.59. The van der Waals surface area contributed by atoms with Gasteiger partial charge >= 0.3 is 0 Å². The third-order valence-electron chi connectivity index (χ3n) is 4.19. The van der Waals surface area contributed by atoms with Gasteiger partial charge in [0.05, 0.1) is 10.8 Å². The second kappa shape index (κ2) is 6.24. The third kappa shape index (κ3) is 2.87. The topological polar surface area (TPSA) is 72.4 Å². The first-order valence-corrected chi connectivity index (χ1v) is 8.82. The van der Waals surface area contributed by atoms with Gasteiger partial charge in [-0.15, -0.1) is 11.3 Å². The number of carbonyl (C=O) groups excluding carboxylic acids is 1. The molecule has 1 aliphatic heterocycles. The van der Waals surface area contributed by atoms with Crippen LogP contribution in [0.4, 0.5) is 0 Å². The highest BCUT2D eigenvalue weighted by atomic mass is 32.1. The fourth-order valence-corrected chi connectivity index (χ4v) is 3.67. The van der Waals surface area contributed by atoms with Crippen molar-refractivity contribution in [1.29, 1.82) is 0 Å². The van der Waals surface area contributed by atoms with Crippen molar-refractivity contribution in [3.63, 3.8) is 0 Å². The van der Waals surface area contributed by atoms with Crippen LogP contribution >= 0.6 is 11.3 Å². The van der Waals surface area contributed by atoms with E-state index in [9.17, 15) is 4.79 Å². The zero-order valence-corrected chi connectivity index (χ0v) is 14.1. The number of carbonyl (C=O) groups is 1. The Balaban J connectivity index is 1.50. The van der Waals surface area contributed by atoms with Crippen molar-refractivity contribution in [2.75, 3.05) is 13.1 Å². The Morgan fingerprint density at radius 3 is 3.04 bits per heavy atom. The smallest absolute Gasteiger partial charge is 0.263 e. The summed E-state index contributed by atoms with van der Waals surface area (Å²) in [4.78, 5) is 19.6. The van der Waals surface area contributed by atoms with Gasteiger partial charge in [0.15, 0.2) is 5.76 Å². The zero-order valence-electron chi connectivity index (χ0n) is 13.3. The van der Waals surface area contributed by atoms with Crippen molar-refractivity contribution in [2.24, 2.45) is 0 Å². The van der Waals surface area contributed by atoms with Crippen LogP contribution in [-0.4, -0.2) is 34.0 Å². The lowest BCUT2D eigenvalue weighted by Crippen LogP contribution is -2.38. The van der Waals surface area contributed by atoms with Gasteiger partial charge in [0.1, 0.15) is 5.76 Å². The highest BCUT2D eigenvalue weighted by molar-refractivity contribution is 7.12. The fraction of sp³-hybridized carbons (Fsp3) is 0.353. The largest absolute Gasteiger partial charge is 0.458 e. The summed E-state index contributed by atoms with van der Waals surface area (Å²) in [6.45, 7) is 3.25. The number of furan rings is 1. The van der Waals surface area contributed by atoms with Crippen LogP contribution in [0.5, 0.6) is 0 Å². The van der Waals surface area contributed by atoms with E-state index < -0.39 is 0 Å². The van der Waals surface area contributed by atoms with E-state index >= 15 is 0 Å². The van der Waals surface area contributed by atoms with E-state index in [1.807, 2.05) is 41.5 Å². The number of hydrogen-bond acceptors (Lipinski definition) is 6. The molecule has 1 atom stereocenters. The number of aryl methyl sites for hydroxylation is 1. The first kappa shape index (κ1) is 15.1. The maximum atomic E-state index is 12.5. The van der Waals surface area contributed by atoms with E-state index in [-0.39, 0.29) is 11.8 Å². The molecule has 0 saturated carbocycles. The maximum absolute atomic E-state index is 12.5. The SMILES string of the molecule is Cc1ccc(-c2noc([C@@H]3CCCN(C(=O)c4cccs4)C3)n2)o1. The van der Waals surface area contributed by atoms with E-state index in [1.165, 1.54) is 11.3 Å². The number of nitrogens with zero attached hydrogens (tertiary/aromatic N) is 3. The molecule has 4 heterocycles. The lowest BCUT2D eigenvalue weighted by molar-refractivity contribution is 0.0700.